The fourth-order valence-electron chi connectivity index (χ4n) is 2.50. The summed E-state index contributed by atoms with van der Waals surface area (Å²) in [7, 11) is 0. The van der Waals surface area contributed by atoms with Crippen LogP contribution in [0.15, 0.2) is 18.2 Å². The summed E-state index contributed by atoms with van der Waals surface area (Å²) in [6.07, 6.45) is 1.14. The monoisotopic (exact) mass is 376 g/mol. The van der Waals surface area contributed by atoms with Gasteiger partial charge in [0, 0.05) is 9.61 Å². The van der Waals surface area contributed by atoms with E-state index in [0.717, 1.165) is 17.8 Å². The Labute approximate surface area is 127 Å². The summed E-state index contributed by atoms with van der Waals surface area (Å²) in [6.45, 7) is 6.74. The van der Waals surface area contributed by atoms with E-state index in [0.29, 0.717) is 17.8 Å². The van der Waals surface area contributed by atoms with E-state index in [2.05, 4.69) is 71.1 Å². The molecule has 0 aliphatic heterocycles. The predicted octanol–water partition coefficient (Wildman–Crippen LogP) is 4.99. The van der Waals surface area contributed by atoms with E-state index in [9.17, 15) is 0 Å². The molecule has 2 aromatic rings. The van der Waals surface area contributed by atoms with Crippen LogP contribution >= 0.6 is 34.2 Å². The highest BCUT2D eigenvalue weighted by Crippen LogP contribution is 2.27. The Morgan fingerprint density at radius 1 is 1.33 bits per heavy atom. The molecule has 0 saturated carbocycles. The van der Waals surface area contributed by atoms with Crippen molar-refractivity contribution in [1.29, 1.82) is 0 Å². The molecule has 98 valence electrons. The number of benzene rings is 1. The van der Waals surface area contributed by atoms with Crippen molar-refractivity contribution in [3.05, 3.63) is 27.6 Å². The number of alkyl halides is 1. The quantitative estimate of drug-likeness (QED) is 0.543. The van der Waals surface area contributed by atoms with E-state index in [1.165, 1.54) is 9.09 Å². The summed E-state index contributed by atoms with van der Waals surface area (Å²) in [5.41, 5.74) is 2.24. The first kappa shape index (κ1) is 14.1. The third-order valence-electron chi connectivity index (χ3n) is 3.10. The first-order valence-corrected chi connectivity index (χ1v) is 7.86. The third kappa shape index (κ3) is 2.82. The molecule has 1 aromatic carbocycles. The normalized spacial score (nSPS) is 13.4. The van der Waals surface area contributed by atoms with Gasteiger partial charge in [-0.15, -0.1) is 11.6 Å². The number of rotatable bonds is 4. The lowest BCUT2D eigenvalue weighted by Gasteiger charge is -2.18. The smallest absolute Gasteiger partial charge is 0.125 e. The van der Waals surface area contributed by atoms with Crippen LogP contribution in [-0.4, -0.2) is 9.55 Å². The maximum atomic E-state index is 6.04. The molecule has 4 heteroatoms. The van der Waals surface area contributed by atoms with Gasteiger partial charge in [0.05, 0.1) is 16.9 Å². The van der Waals surface area contributed by atoms with Crippen LogP contribution < -0.4 is 0 Å². The van der Waals surface area contributed by atoms with Gasteiger partial charge in [0.25, 0.3) is 0 Å². The molecule has 0 radical (unpaired) electrons. The Kier molecular flexibility index (Phi) is 4.54. The Morgan fingerprint density at radius 3 is 2.67 bits per heavy atom. The SMILES string of the molecule is CC(C)CC(C)n1c(CCl)nc2cc(I)ccc21. The molecule has 1 unspecified atom stereocenters. The lowest BCUT2D eigenvalue weighted by Crippen LogP contribution is -2.10. The Morgan fingerprint density at radius 2 is 2.06 bits per heavy atom. The van der Waals surface area contributed by atoms with Gasteiger partial charge in [-0.25, -0.2) is 4.98 Å². The third-order valence-corrected chi connectivity index (χ3v) is 4.01. The van der Waals surface area contributed by atoms with Gasteiger partial charge in [0.15, 0.2) is 0 Å². The van der Waals surface area contributed by atoms with E-state index in [-0.39, 0.29) is 0 Å². The van der Waals surface area contributed by atoms with Crippen molar-refractivity contribution in [3.63, 3.8) is 0 Å². The Bertz CT molecular complexity index is 548. The lowest BCUT2D eigenvalue weighted by atomic mass is 10.0. The van der Waals surface area contributed by atoms with Crippen molar-refractivity contribution in [2.75, 3.05) is 0 Å². The van der Waals surface area contributed by atoms with Crippen LogP contribution in [0.2, 0.25) is 0 Å². The zero-order chi connectivity index (χ0) is 13.3. The summed E-state index contributed by atoms with van der Waals surface area (Å²) in [5, 5.41) is 0. The summed E-state index contributed by atoms with van der Waals surface area (Å²) in [6, 6.07) is 6.83. The molecule has 0 bridgehead atoms. The largest absolute Gasteiger partial charge is 0.324 e. The number of imidazole rings is 1. The molecule has 0 saturated heterocycles. The number of aromatic nitrogens is 2. The molecule has 0 N–H and O–H groups in total. The second-order valence-corrected chi connectivity index (χ2v) is 6.66. The molecule has 0 aliphatic carbocycles. The number of fused-ring (bicyclic) bond motifs is 1. The molecule has 1 aromatic heterocycles. The zero-order valence-electron chi connectivity index (χ0n) is 11.0. The number of hydrogen-bond acceptors (Lipinski definition) is 1. The maximum absolute atomic E-state index is 6.04. The Balaban J connectivity index is 2.53. The molecular weight excluding hydrogens is 359 g/mol. The minimum Gasteiger partial charge on any atom is -0.324 e. The van der Waals surface area contributed by atoms with Crippen LogP contribution in [0.3, 0.4) is 0 Å². The molecule has 18 heavy (non-hydrogen) atoms. The van der Waals surface area contributed by atoms with Gasteiger partial charge in [-0.05, 0) is 60.1 Å². The van der Waals surface area contributed by atoms with E-state index < -0.39 is 0 Å². The first-order chi connectivity index (χ1) is 8.52. The highest BCUT2D eigenvalue weighted by atomic mass is 127. The van der Waals surface area contributed by atoms with Crippen LogP contribution in [0.1, 0.15) is 39.1 Å². The second-order valence-electron chi connectivity index (χ2n) is 5.14. The van der Waals surface area contributed by atoms with Crippen LogP contribution in [0.25, 0.3) is 11.0 Å². The molecular formula is C14H18ClIN2. The highest BCUT2D eigenvalue weighted by Gasteiger charge is 2.16. The summed E-state index contributed by atoms with van der Waals surface area (Å²) in [5.74, 6) is 2.11. The molecule has 0 amide bonds. The van der Waals surface area contributed by atoms with E-state index in [4.69, 9.17) is 11.6 Å². The molecule has 0 aliphatic rings. The summed E-state index contributed by atoms with van der Waals surface area (Å²) >= 11 is 8.35. The standard InChI is InChI=1S/C14H18ClIN2/c1-9(2)6-10(3)18-13-5-4-11(16)7-12(13)17-14(18)8-15/h4-5,7,9-10H,6,8H2,1-3H3. The fourth-order valence-corrected chi connectivity index (χ4v) is 3.16. The minimum atomic E-state index is 0.434. The van der Waals surface area contributed by atoms with Crippen molar-refractivity contribution in [2.24, 2.45) is 5.92 Å². The van der Waals surface area contributed by atoms with Gasteiger partial charge in [-0.2, -0.15) is 0 Å². The van der Waals surface area contributed by atoms with Gasteiger partial charge in [0.2, 0.25) is 0 Å². The van der Waals surface area contributed by atoms with E-state index >= 15 is 0 Å². The van der Waals surface area contributed by atoms with Gasteiger partial charge in [-0.3, -0.25) is 0 Å². The van der Waals surface area contributed by atoms with Gasteiger partial charge < -0.3 is 4.57 Å². The molecule has 0 spiro atoms. The van der Waals surface area contributed by atoms with Crippen LogP contribution in [0.5, 0.6) is 0 Å². The summed E-state index contributed by atoms with van der Waals surface area (Å²) < 4.78 is 3.50. The second kappa shape index (κ2) is 5.78. The van der Waals surface area contributed by atoms with Gasteiger partial charge >= 0.3 is 0 Å². The predicted molar refractivity (Wildman–Crippen MR) is 86.2 cm³/mol. The van der Waals surface area contributed by atoms with Crippen molar-refractivity contribution < 1.29 is 0 Å². The molecule has 1 atom stereocenters. The molecule has 2 rings (SSSR count). The highest BCUT2D eigenvalue weighted by molar-refractivity contribution is 14.1. The minimum absolute atomic E-state index is 0.434. The van der Waals surface area contributed by atoms with Crippen molar-refractivity contribution in [2.45, 2.75) is 39.1 Å². The van der Waals surface area contributed by atoms with E-state index in [1.54, 1.807) is 0 Å². The zero-order valence-corrected chi connectivity index (χ0v) is 13.9. The van der Waals surface area contributed by atoms with Gasteiger partial charge in [-0.1, -0.05) is 13.8 Å². The molecule has 0 fully saturated rings. The number of nitrogens with zero attached hydrogens (tertiary/aromatic N) is 2. The maximum Gasteiger partial charge on any atom is 0.125 e. The summed E-state index contributed by atoms with van der Waals surface area (Å²) in [4.78, 5) is 4.65. The lowest BCUT2D eigenvalue weighted by molar-refractivity contribution is 0.428. The number of halogens is 2. The average Bonchev–Trinajstić information content (AvgIpc) is 2.65. The average molecular weight is 377 g/mol. The number of hydrogen-bond donors (Lipinski definition) is 0. The van der Waals surface area contributed by atoms with Crippen LogP contribution in [-0.2, 0) is 5.88 Å². The van der Waals surface area contributed by atoms with Crippen LogP contribution in [0, 0.1) is 9.49 Å². The topological polar surface area (TPSA) is 17.8 Å². The first-order valence-electron chi connectivity index (χ1n) is 6.25. The fraction of sp³-hybridized carbons (Fsp3) is 0.500. The van der Waals surface area contributed by atoms with Crippen molar-refractivity contribution >= 4 is 45.2 Å². The van der Waals surface area contributed by atoms with Crippen molar-refractivity contribution in [1.82, 2.24) is 9.55 Å². The van der Waals surface area contributed by atoms with E-state index in [1.807, 2.05) is 0 Å². The van der Waals surface area contributed by atoms with Crippen molar-refractivity contribution in [3.8, 4) is 0 Å². The molecule has 2 nitrogen and oxygen atoms in total. The Hall–Kier alpha value is -0.290. The molecule has 1 heterocycles. The van der Waals surface area contributed by atoms with Gasteiger partial charge in [0.1, 0.15) is 5.82 Å². The van der Waals surface area contributed by atoms with Crippen LogP contribution in [0.4, 0.5) is 0 Å².